The highest BCUT2D eigenvalue weighted by Crippen LogP contribution is 2.45. The molecule has 21 heavy (non-hydrogen) atoms. The molecular formula is C15H22O6. The first-order valence-corrected chi connectivity index (χ1v) is 6.91. The number of ketones is 1. The molecule has 0 aromatic heterocycles. The number of hydrogen-bond donors (Lipinski definition) is 1. The molecule has 0 aliphatic carbocycles. The third kappa shape index (κ3) is 4.01. The first-order valence-electron chi connectivity index (χ1n) is 6.91. The fraction of sp³-hybridized carbons (Fsp3) is 0.533. The van der Waals surface area contributed by atoms with Gasteiger partial charge in [0.1, 0.15) is 17.9 Å². The topological polar surface area (TPSA) is 74.2 Å². The average Bonchev–Trinajstić information content (AvgIpc) is 2.47. The van der Waals surface area contributed by atoms with Crippen molar-refractivity contribution in [3.8, 4) is 23.0 Å². The van der Waals surface area contributed by atoms with Crippen LogP contribution in [-0.4, -0.2) is 44.4 Å². The Kier molecular flexibility index (Phi) is 6.81. The standard InChI is InChI=1S/C15H22O6/c1-5-19-9-11(17)13-10(16)8-12(18-4)14(20-6-2)15(13)21-7-3/h8,16H,5-7,9H2,1-4H3. The van der Waals surface area contributed by atoms with E-state index in [1.54, 1.807) is 13.8 Å². The molecule has 0 radical (unpaired) electrons. The zero-order valence-electron chi connectivity index (χ0n) is 12.9. The molecule has 0 saturated heterocycles. The fourth-order valence-electron chi connectivity index (χ4n) is 1.85. The summed E-state index contributed by atoms with van der Waals surface area (Å²) in [5.41, 5.74) is 0.0505. The number of ether oxygens (including phenoxy) is 4. The number of phenols is 1. The summed E-state index contributed by atoms with van der Waals surface area (Å²) in [6.45, 7) is 6.35. The number of rotatable bonds is 9. The SMILES string of the molecule is CCOCC(=O)c1c(O)cc(OC)c(OCC)c1OCC. The summed E-state index contributed by atoms with van der Waals surface area (Å²) < 4.78 is 21.3. The molecule has 0 aliphatic heterocycles. The van der Waals surface area contributed by atoms with E-state index in [1.165, 1.54) is 13.2 Å². The molecule has 1 aromatic rings. The van der Waals surface area contributed by atoms with Crippen LogP contribution in [0, 0.1) is 0 Å². The molecule has 0 aliphatic rings. The summed E-state index contributed by atoms with van der Waals surface area (Å²) in [5.74, 6) is 0.205. The van der Waals surface area contributed by atoms with Gasteiger partial charge in [0.25, 0.3) is 0 Å². The Labute approximate surface area is 124 Å². The van der Waals surface area contributed by atoms with E-state index in [4.69, 9.17) is 18.9 Å². The van der Waals surface area contributed by atoms with Gasteiger partial charge in [0.05, 0.1) is 20.3 Å². The fourth-order valence-corrected chi connectivity index (χ4v) is 1.85. The number of benzene rings is 1. The highest BCUT2D eigenvalue weighted by molar-refractivity contribution is 6.03. The molecule has 0 unspecified atom stereocenters. The van der Waals surface area contributed by atoms with Crippen LogP contribution in [0.1, 0.15) is 31.1 Å². The molecule has 0 bridgehead atoms. The third-order valence-corrected chi connectivity index (χ3v) is 2.69. The van der Waals surface area contributed by atoms with Crippen molar-refractivity contribution in [2.24, 2.45) is 0 Å². The van der Waals surface area contributed by atoms with Crippen molar-refractivity contribution in [2.45, 2.75) is 20.8 Å². The predicted octanol–water partition coefficient (Wildman–Crippen LogP) is 2.42. The van der Waals surface area contributed by atoms with Gasteiger partial charge in [-0.1, -0.05) is 0 Å². The van der Waals surface area contributed by atoms with Gasteiger partial charge in [0, 0.05) is 12.7 Å². The second-order valence-electron chi connectivity index (χ2n) is 4.06. The number of carbonyl (C=O) groups excluding carboxylic acids is 1. The Morgan fingerprint density at radius 1 is 1.10 bits per heavy atom. The van der Waals surface area contributed by atoms with E-state index in [0.29, 0.717) is 31.3 Å². The predicted molar refractivity (Wildman–Crippen MR) is 77.8 cm³/mol. The molecule has 0 heterocycles. The lowest BCUT2D eigenvalue weighted by molar-refractivity contribution is 0.0775. The number of Topliss-reactive ketones (excluding diaryl/α,β-unsaturated/α-hetero) is 1. The second-order valence-corrected chi connectivity index (χ2v) is 4.06. The van der Waals surface area contributed by atoms with Crippen LogP contribution < -0.4 is 14.2 Å². The molecule has 0 atom stereocenters. The van der Waals surface area contributed by atoms with E-state index >= 15 is 0 Å². The van der Waals surface area contributed by atoms with E-state index in [2.05, 4.69) is 0 Å². The van der Waals surface area contributed by atoms with Crippen molar-refractivity contribution in [1.29, 1.82) is 0 Å². The maximum Gasteiger partial charge on any atom is 0.204 e. The molecule has 0 saturated carbocycles. The highest BCUT2D eigenvalue weighted by atomic mass is 16.5. The molecule has 1 aromatic carbocycles. The van der Waals surface area contributed by atoms with Crippen molar-refractivity contribution in [3.05, 3.63) is 11.6 Å². The quantitative estimate of drug-likeness (QED) is 0.706. The monoisotopic (exact) mass is 298 g/mol. The molecule has 118 valence electrons. The van der Waals surface area contributed by atoms with Crippen LogP contribution >= 0.6 is 0 Å². The lowest BCUT2D eigenvalue weighted by Crippen LogP contribution is -2.13. The number of carbonyl (C=O) groups is 1. The summed E-state index contributed by atoms with van der Waals surface area (Å²) in [6.07, 6.45) is 0. The van der Waals surface area contributed by atoms with Gasteiger partial charge in [0.15, 0.2) is 17.3 Å². The molecule has 0 amide bonds. The van der Waals surface area contributed by atoms with E-state index in [9.17, 15) is 9.90 Å². The van der Waals surface area contributed by atoms with E-state index in [1.807, 2.05) is 6.92 Å². The zero-order chi connectivity index (χ0) is 15.8. The molecule has 1 N–H and O–H groups in total. The lowest BCUT2D eigenvalue weighted by Gasteiger charge is -2.18. The Hall–Kier alpha value is -1.95. The number of hydrogen-bond acceptors (Lipinski definition) is 6. The second kappa shape index (κ2) is 8.36. The summed E-state index contributed by atoms with van der Waals surface area (Å²) in [5, 5.41) is 10.1. The Balaban J connectivity index is 3.38. The van der Waals surface area contributed by atoms with Crippen LogP contribution in [0.5, 0.6) is 23.0 Å². The van der Waals surface area contributed by atoms with Gasteiger partial charge in [0.2, 0.25) is 5.75 Å². The summed E-state index contributed by atoms with van der Waals surface area (Å²) >= 11 is 0. The Morgan fingerprint density at radius 3 is 2.24 bits per heavy atom. The van der Waals surface area contributed by atoms with E-state index in [0.717, 1.165) is 0 Å². The van der Waals surface area contributed by atoms with Gasteiger partial charge in [-0.3, -0.25) is 4.79 Å². The highest BCUT2D eigenvalue weighted by Gasteiger charge is 2.26. The molecular weight excluding hydrogens is 276 g/mol. The summed E-state index contributed by atoms with van der Waals surface area (Å²) in [4.78, 5) is 12.2. The molecule has 0 fully saturated rings. The number of phenolic OH excluding ortho intramolecular Hbond substituents is 1. The van der Waals surface area contributed by atoms with Crippen molar-refractivity contribution in [3.63, 3.8) is 0 Å². The largest absolute Gasteiger partial charge is 0.507 e. The van der Waals surface area contributed by atoms with Crippen molar-refractivity contribution < 1.29 is 28.8 Å². The van der Waals surface area contributed by atoms with Gasteiger partial charge in [-0.15, -0.1) is 0 Å². The third-order valence-electron chi connectivity index (χ3n) is 2.69. The van der Waals surface area contributed by atoms with Crippen LogP contribution in [0.25, 0.3) is 0 Å². The van der Waals surface area contributed by atoms with Crippen LogP contribution in [-0.2, 0) is 4.74 Å². The summed E-state index contributed by atoms with van der Waals surface area (Å²) in [6, 6.07) is 1.34. The minimum atomic E-state index is -0.374. The van der Waals surface area contributed by atoms with E-state index in [-0.39, 0.29) is 29.5 Å². The first kappa shape index (κ1) is 17.1. The van der Waals surface area contributed by atoms with Gasteiger partial charge in [-0.05, 0) is 20.8 Å². The van der Waals surface area contributed by atoms with Crippen molar-refractivity contribution >= 4 is 5.78 Å². The number of methoxy groups -OCH3 is 1. The Bertz CT molecular complexity index is 484. The zero-order valence-corrected chi connectivity index (χ0v) is 12.9. The van der Waals surface area contributed by atoms with Gasteiger partial charge in [-0.25, -0.2) is 0 Å². The normalized spacial score (nSPS) is 10.3. The van der Waals surface area contributed by atoms with Gasteiger partial charge >= 0.3 is 0 Å². The van der Waals surface area contributed by atoms with E-state index < -0.39 is 0 Å². The molecule has 6 heteroatoms. The smallest absolute Gasteiger partial charge is 0.204 e. The van der Waals surface area contributed by atoms with Crippen LogP contribution in [0.3, 0.4) is 0 Å². The lowest BCUT2D eigenvalue weighted by atomic mass is 10.1. The van der Waals surface area contributed by atoms with Gasteiger partial charge in [-0.2, -0.15) is 0 Å². The summed E-state index contributed by atoms with van der Waals surface area (Å²) in [7, 11) is 1.45. The molecule has 0 spiro atoms. The Morgan fingerprint density at radius 2 is 1.71 bits per heavy atom. The minimum Gasteiger partial charge on any atom is -0.507 e. The molecule has 1 rings (SSSR count). The number of aromatic hydroxyl groups is 1. The van der Waals surface area contributed by atoms with Gasteiger partial charge < -0.3 is 24.1 Å². The maximum absolute atomic E-state index is 12.2. The van der Waals surface area contributed by atoms with Crippen LogP contribution in [0.15, 0.2) is 6.07 Å². The van der Waals surface area contributed by atoms with Crippen molar-refractivity contribution in [1.82, 2.24) is 0 Å². The molecule has 6 nitrogen and oxygen atoms in total. The average molecular weight is 298 g/mol. The first-order chi connectivity index (χ1) is 10.1. The minimum absolute atomic E-state index is 0.0505. The van der Waals surface area contributed by atoms with Crippen molar-refractivity contribution in [2.75, 3.05) is 33.5 Å². The van der Waals surface area contributed by atoms with Crippen LogP contribution in [0.4, 0.5) is 0 Å². The van der Waals surface area contributed by atoms with Crippen LogP contribution in [0.2, 0.25) is 0 Å². The maximum atomic E-state index is 12.2.